The third-order valence-corrected chi connectivity index (χ3v) is 4.67. The number of nitrogens with zero attached hydrogens (tertiary/aromatic N) is 1. The first-order valence-electron chi connectivity index (χ1n) is 7.32. The van der Waals surface area contributed by atoms with Crippen molar-refractivity contribution in [2.45, 2.75) is 50.8 Å². The van der Waals surface area contributed by atoms with Gasteiger partial charge in [-0.25, -0.2) is 0 Å². The van der Waals surface area contributed by atoms with Crippen molar-refractivity contribution in [2.24, 2.45) is 0 Å². The molecule has 1 saturated heterocycles. The van der Waals surface area contributed by atoms with E-state index in [1.165, 1.54) is 18.7 Å². The molecule has 1 aliphatic heterocycles. The van der Waals surface area contributed by atoms with Crippen LogP contribution in [0.4, 0.5) is 0 Å². The first kappa shape index (κ1) is 14.9. The van der Waals surface area contributed by atoms with Crippen LogP contribution in [0.2, 0.25) is 0 Å². The summed E-state index contributed by atoms with van der Waals surface area (Å²) in [5.41, 5.74) is 1.34. The van der Waals surface area contributed by atoms with Crippen LogP contribution in [0.5, 0.6) is 0 Å². The van der Waals surface area contributed by atoms with Gasteiger partial charge in [-0.2, -0.15) is 11.8 Å². The van der Waals surface area contributed by atoms with Crippen LogP contribution in [-0.2, 0) is 13.1 Å². The van der Waals surface area contributed by atoms with Crippen LogP contribution < -0.4 is 5.32 Å². The molecule has 4 heteroatoms. The van der Waals surface area contributed by atoms with Crippen molar-refractivity contribution in [2.75, 3.05) is 19.6 Å². The summed E-state index contributed by atoms with van der Waals surface area (Å²) in [6, 6.07) is 2.13. The molecule has 1 N–H and O–H groups in total. The quantitative estimate of drug-likeness (QED) is 0.812. The second-order valence-electron chi connectivity index (χ2n) is 5.50. The molecular weight excluding hydrogens is 256 g/mol. The number of rotatable bonds is 6. The minimum absolute atomic E-state index is 0.734. The van der Waals surface area contributed by atoms with E-state index in [0.29, 0.717) is 0 Å². The Labute approximate surface area is 121 Å². The molecule has 0 amide bonds. The third kappa shape index (κ3) is 4.55. The molecule has 3 nitrogen and oxygen atoms in total. The number of furan rings is 1. The highest BCUT2D eigenvalue weighted by atomic mass is 32.2. The monoisotopic (exact) mass is 282 g/mol. The van der Waals surface area contributed by atoms with Crippen LogP contribution in [0.15, 0.2) is 16.7 Å². The molecule has 1 aromatic heterocycles. The molecule has 2 heterocycles. The van der Waals surface area contributed by atoms with Crippen molar-refractivity contribution < 1.29 is 4.42 Å². The van der Waals surface area contributed by atoms with Gasteiger partial charge < -0.3 is 9.73 Å². The first-order valence-corrected chi connectivity index (χ1v) is 8.27. The van der Waals surface area contributed by atoms with E-state index in [4.69, 9.17) is 4.42 Å². The van der Waals surface area contributed by atoms with Gasteiger partial charge in [0.2, 0.25) is 0 Å². The zero-order valence-electron chi connectivity index (χ0n) is 12.3. The molecule has 19 heavy (non-hydrogen) atoms. The fourth-order valence-electron chi connectivity index (χ4n) is 2.70. The Balaban J connectivity index is 1.89. The number of nitrogens with one attached hydrogen (secondary N) is 1. The Morgan fingerprint density at radius 3 is 2.79 bits per heavy atom. The van der Waals surface area contributed by atoms with Crippen molar-refractivity contribution in [3.8, 4) is 0 Å². The van der Waals surface area contributed by atoms with Gasteiger partial charge >= 0.3 is 0 Å². The summed E-state index contributed by atoms with van der Waals surface area (Å²) >= 11 is 2.10. The largest absolute Gasteiger partial charge is 0.468 e. The first-order chi connectivity index (χ1) is 9.19. The Morgan fingerprint density at radius 2 is 2.11 bits per heavy atom. The van der Waals surface area contributed by atoms with Gasteiger partial charge in [-0.05, 0) is 19.0 Å². The molecule has 2 rings (SSSR count). The van der Waals surface area contributed by atoms with E-state index in [2.05, 4.69) is 48.8 Å². The predicted octanol–water partition coefficient (Wildman–Crippen LogP) is 3.11. The van der Waals surface area contributed by atoms with Crippen molar-refractivity contribution in [1.29, 1.82) is 0 Å². The van der Waals surface area contributed by atoms with Gasteiger partial charge in [0.25, 0.3) is 0 Å². The normalized spacial score (nSPS) is 24.8. The maximum absolute atomic E-state index is 5.61. The minimum atomic E-state index is 0.734. The maximum Gasteiger partial charge on any atom is 0.122 e. The Kier molecular flexibility index (Phi) is 5.79. The molecule has 1 aromatic rings. The molecule has 1 aliphatic rings. The van der Waals surface area contributed by atoms with E-state index in [1.54, 1.807) is 0 Å². The summed E-state index contributed by atoms with van der Waals surface area (Å²) < 4.78 is 5.61. The van der Waals surface area contributed by atoms with Crippen molar-refractivity contribution in [3.63, 3.8) is 0 Å². The highest BCUT2D eigenvalue weighted by Gasteiger charge is 2.23. The van der Waals surface area contributed by atoms with E-state index in [-0.39, 0.29) is 0 Å². The van der Waals surface area contributed by atoms with Crippen LogP contribution in [0, 0.1) is 0 Å². The molecule has 0 radical (unpaired) electrons. The molecule has 0 bridgehead atoms. The van der Waals surface area contributed by atoms with E-state index in [0.717, 1.165) is 42.3 Å². The van der Waals surface area contributed by atoms with Crippen LogP contribution in [0.25, 0.3) is 0 Å². The molecule has 0 saturated carbocycles. The summed E-state index contributed by atoms with van der Waals surface area (Å²) in [7, 11) is 0. The van der Waals surface area contributed by atoms with Gasteiger partial charge in [-0.1, -0.05) is 20.8 Å². The lowest BCUT2D eigenvalue weighted by molar-refractivity contribution is 0.260. The molecule has 2 atom stereocenters. The smallest absolute Gasteiger partial charge is 0.122 e. The maximum atomic E-state index is 5.61. The SMILES string of the molecule is CCCNCc1occc1CN1CC(C)SC(C)C1. The molecule has 1 fully saturated rings. The Hall–Kier alpha value is -0.450. The number of hydrogen-bond acceptors (Lipinski definition) is 4. The van der Waals surface area contributed by atoms with Gasteiger partial charge in [0.1, 0.15) is 5.76 Å². The lowest BCUT2D eigenvalue weighted by Gasteiger charge is -2.34. The predicted molar refractivity (Wildman–Crippen MR) is 82.5 cm³/mol. The van der Waals surface area contributed by atoms with Crippen LogP contribution in [0.3, 0.4) is 0 Å². The standard InChI is InChI=1S/C15H26N2OS/c1-4-6-16-8-15-14(5-7-18-15)11-17-9-12(2)19-13(3)10-17/h5,7,12-13,16H,4,6,8-11H2,1-3H3. The van der Waals surface area contributed by atoms with E-state index in [1.807, 2.05) is 6.26 Å². The summed E-state index contributed by atoms with van der Waals surface area (Å²) in [6.45, 7) is 12.1. The van der Waals surface area contributed by atoms with Crippen molar-refractivity contribution >= 4 is 11.8 Å². The average molecular weight is 282 g/mol. The van der Waals surface area contributed by atoms with E-state index >= 15 is 0 Å². The lowest BCUT2D eigenvalue weighted by Crippen LogP contribution is -2.39. The average Bonchev–Trinajstić information content (AvgIpc) is 2.76. The third-order valence-electron chi connectivity index (χ3n) is 3.44. The minimum Gasteiger partial charge on any atom is -0.468 e. The highest BCUT2D eigenvalue weighted by Crippen LogP contribution is 2.26. The van der Waals surface area contributed by atoms with Crippen molar-refractivity contribution in [1.82, 2.24) is 10.2 Å². The lowest BCUT2D eigenvalue weighted by atomic mass is 10.2. The molecule has 0 spiro atoms. The summed E-state index contributed by atoms with van der Waals surface area (Å²) in [4.78, 5) is 2.56. The second-order valence-corrected chi connectivity index (χ2v) is 7.38. The van der Waals surface area contributed by atoms with Gasteiger partial charge in [-0.3, -0.25) is 4.90 Å². The van der Waals surface area contributed by atoms with Crippen LogP contribution >= 0.6 is 11.8 Å². The molecule has 0 aliphatic carbocycles. The zero-order chi connectivity index (χ0) is 13.7. The van der Waals surface area contributed by atoms with E-state index in [9.17, 15) is 0 Å². The topological polar surface area (TPSA) is 28.4 Å². The van der Waals surface area contributed by atoms with Gasteiger partial charge in [0.15, 0.2) is 0 Å². The fourth-order valence-corrected chi connectivity index (χ4v) is 4.08. The molecule has 0 aromatic carbocycles. The summed E-state index contributed by atoms with van der Waals surface area (Å²) in [6.07, 6.45) is 2.98. The summed E-state index contributed by atoms with van der Waals surface area (Å²) in [5.74, 6) is 1.10. The molecule has 108 valence electrons. The molecular formula is C15H26N2OS. The van der Waals surface area contributed by atoms with Gasteiger partial charge in [-0.15, -0.1) is 0 Å². The second kappa shape index (κ2) is 7.36. The molecule has 2 unspecified atom stereocenters. The Morgan fingerprint density at radius 1 is 1.37 bits per heavy atom. The zero-order valence-corrected chi connectivity index (χ0v) is 13.1. The van der Waals surface area contributed by atoms with Crippen LogP contribution in [0.1, 0.15) is 38.5 Å². The number of hydrogen-bond donors (Lipinski definition) is 1. The number of thioether (sulfide) groups is 1. The summed E-state index contributed by atoms with van der Waals surface area (Å²) in [5, 5.41) is 4.88. The van der Waals surface area contributed by atoms with Crippen molar-refractivity contribution in [3.05, 3.63) is 23.7 Å². The van der Waals surface area contributed by atoms with E-state index < -0.39 is 0 Å². The highest BCUT2D eigenvalue weighted by molar-refractivity contribution is 8.00. The Bertz CT molecular complexity index is 370. The van der Waals surface area contributed by atoms with Gasteiger partial charge in [0.05, 0.1) is 12.8 Å². The van der Waals surface area contributed by atoms with Gasteiger partial charge in [0, 0.05) is 35.7 Å². The fraction of sp³-hybridized carbons (Fsp3) is 0.733. The van der Waals surface area contributed by atoms with Crippen LogP contribution in [-0.4, -0.2) is 35.0 Å².